The Balaban J connectivity index is 3.45. The molecule has 0 aliphatic rings. The van der Waals surface area contributed by atoms with Gasteiger partial charge in [-0.05, 0) is 6.92 Å². The monoisotopic (exact) mass is 205 g/mol. The van der Waals surface area contributed by atoms with Crippen LogP contribution in [0.25, 0.3) is 0 Å². The second-order valence-corrected chi connectivity index (χ2v) is 2.89. The number of rotatable bonds is 2. The van der Waals surface area contributed by atoms with Gasteiger partial charge >= 0.3 is 0 Å². The Morgan fingerprint density at radius 3 is 2.29 bits per heavy atom. The van der Waals surface area contributed by atoms with E-state index in [9.17, 15) is 13.2 Å². The lowest BCUT2D eigenvalue weighted by Gasteiger charge is -2.12. The van der Waals surface area contributed by atoms with Crippen molar-refractivity contribution in [2.24, 2.45) is 5.73 Å². The van der Waals surface area contributed by atoms with Gasteiger partial charge in [-0.2, -0.15) is 0 Å². The molecule has 0 saturated carbocycles. The Morgan fingerprint density at radius 2 is 1.86 bits per heavy atom. The molecule has 0 saturated heterocycles. The topological polar surface area (TPSA) is 35.2 Å². The van der Waals surface area contributed by atoms with E-state index in [0.29, 0.717) is 6.07 Å². The highest BCUT2D eigenvalue weighted by atomic mass is 19.2. The fourth-order valence-corrected chi connectivity index (χ4v) is 1.15. The van der Waals surface area contributed by atoms with E-state index < -0.39 is 29.1 Å². The van der Waals surface area contributed by atoms with Crippen LogP contribution in [0.15, 0.2) is 6.07 Å². The number of ether oxygens (including phenoxy) is 1. The van der Waals surface area contributed by atoms with Gasteiger partial charge in [-0.3, -0.25) is 0 Å². The quantitative estimate of drug-likeness (QED) is 0.750. The molecule has 1 atom stereocenters. The summed E-state index contributed by atoms with van der Waals surface area (Å²) >= 11 is 0. The van der Waals surface area contributed by atoms with Crippen molar-refractivity contribution in [2.45, 2.75) is 13.0 Å². The molecule has 0 heterocycles. The van der Waals surface area contributed by atoms with Crippen LogP contribution >= 0.6 is 0 Å². The van der Waals surface area contributed by atoms with Crippen LogP contribution in [0.5, 0.6) is 5.75 Å². The SMILES string of the molecule is COc1cc(F)c(F)c(C(C)N)c1F. The third-order valence-corrected chi connectivity index (χ3v) is 1.83. The van der Waals surface area contributed by atoms with Crippen molar-refractivity contribution >= 4 is 0 Å². The van der Waals surface area contributed by atoms with Crippen molar-refractivity contribution in [3.8, 4) is 5.75 Å². The maximum Gasteiger partial charge on any atom is 0.172 e. The van der Waals surface area contributed by atoms with Crippen molar-refractivity contribution < 1.29 is 17.9 Å². The molecule has 1 unspecified atom stereocenters. The van der Waals surface area contributed by atoms with Crippen LogP contribution in [0.2, 0.25) is 0 Å². The largest absolute Gasteiger partial charge is 0.494 e. The molecule has 0 aliphatic carbocycles. The molecule has 1 aromatic rings. The maximum atomic E-state index is 13.4. The summed E-state index contributed by atoms with van der Waals surface area (Å²) in [5.74, 6) is -3.74. The summed E-state index contributed by atoms with van der Waals surface area (Å²) in [4.78, 5) is 0. The summed E-state index contributed by atoms with van der Waals surface area (Å²) in [5.41, 5.74) is 4.81. The van der Waals surface area contributed by atoms with Crippen LogP contribution in [-0.4, -0.2) is 7.11 Å². The molecule has 0 aliphatic heterocycles. The Bertz CT molecular complexity index is 352. The maximum absolute atomic E-state index is 13.4. The predicted molar refractivity (Wildman–Crippen MR) is 45.5 cm³/mol. The first-order valence-electron chi connectivity index (χ1n) is 3.96. The van der Waals surface area contributed by atoms with Crippen molar-refractivity contribution in [3.05, 3.63) is 29.1 Å². The van der Waals surface area contributed by atoms with Crippen LogP contribution in [-0.2, 0) is 0 Å². The van der Waals surface area contributed by atoms with E-state index in [2.05, 4.69) is 4.74 Å². The van der Waals surface area contributed by atoms with Gasteiger partial charge in [0.25, 0.3) is 0 Å². The molecule has 0 fully saturated rings. The van der Waals surface area contributed by atoms with Gasteiger partial charge in [0.2, 0.25) is 0 Å². The van der Waals surface area contributed by atoms with Crippen molar-refractivity contribution in [3.63, 3.8) is 0 Å². The summed E-state index contributed by atoms with van der Waals surface area (Å²) in [6.45, 7) is 1.36. The molecule has 1 aromatic carbocycles. The smallest absolute Gasteiger partial charge is 0.172 e. The average Bonchev–Trinajstić information content (AvgIpc) is 2.11. The summed E-state index contributed by atoms with van der Waals surface area (Å²) in [7, 11) is 1.17. The standard InChI is InChI=1S/C9H10F3NO/c1-4(13)7-8(11)5(10)3-6(14-2)9(7)12/h3-4H,13H2,1-2H3. The van der Waals surface area contributed by atoms with E-state index in [0.717, 1.165) is 0 Å². The molecular weight excluding hydrogens is 195 g/mol. The van der Waals surface area contributed by atoms with Gasteiger partial charge in [0.15, 0.2) is 23.2 Å². The molecule has 2 N–H and O–H groups in total. The summed E-state index contributed by atoms with van der Waals surface area (Å²) in [6, 6.07) is -0.282. The molecule has 0 amide bonds. The minimum absolute atomic E-state index is 0.351. The van der Waals surface area contributed by atoms with E-state index >= 15 is 0 Å². The van der Waals surface area contributed by atoms with Gasteiger partial charge in [-0.1, -0.05) is 0 Å². The Labute approximate surface area is 79.5 Å². The molecule has 1 rings (SSSR count). The molecular formula is C9H10F3NO. The molecule has 0 aromatic heterocycles. The van der Waals surface area contributed by atoms with Crippen molar-refractivity contribution in [1.82, 2.24) is 0 Å². The van der Waals surface area contributed by atoms with E-state index in [1.165, 1.54) is 14.0 Å². The third kappa shape index (κ3) is 1.68. The minimum atomic E-state index is -1.27. The Morgan fingerprint density at radius 1 is 1.29 bits per heavy atom. The lowest BCUT2D eigenvalue weighted by molar-refractivity contribution is 0.368. The highest BCUT2D eigenvalue weighted by molar-refractivity contribution is 5.34. The first-order valence-corrected chi connectivity index (χ1v) is 3.96. The van der Waals surface area contributed by atoms with Crippen LogP contribution in [0.4, 0.5) is 13.2 Å². The van der Waals surface area contributed by atoms with Crippen LogP contribution in [0, 0.1) is 17.5 Å². The zero-order valence-electron chi connectivity index (χ0n) is 7.77. The average molecular weight is 205 g/mol. The molecule has 5 heteroatoms. The number of hydrogen-bond acceptors (Lipinski definition) is 2. The van der Waals surface area contributed by atoms with Crippen LogP contribution in [0.1, 0.15) is 18.5 Å². The van der Waals surface area contributed by atoms with Gasteiger partial charge in [0.1, 0.15) is 0 Å². The minimum Gasteiger partial charge on any atom is -0.494 e. The molecule has 0 radical (unpaired) electrons. The predicted octanol–water partition coefficient (Wildman–Crippen LogP) is 2.13. The highest BCUT2D eigenvalue weighted by Gasteiger charge is 2.21. The fourth-order valence-electron chi connectivity index (χ4n) is 1.15. The molecule has 0 spiro atoms. The van der Waals surface area contributed by atoms with E-state index in [1.807, 2.05) is 0 Å². The zero-order valence-corrected chi connectivity index (χ0v) is 7.77. The number of hydrogen-bond donors (Lipinski definition) is 1. The zero-order chi connectivity index (χ0) is 10.9. The first kappa shape index (κ1) is 10.8. The van der Waals surface area contributed by atoms with E-state index in [1.54, 1.807) is 0 Å². The highest BCUT2D eigenvalue weighted by Crippen LogP contribution is 2.28. The van der Waals surface area contributed by atoms with Crippen LogP contribution in [0.3, 0.4) is 0 Å². The van der Waals surface area contributed by atoms with E-state index in [4.69, 9.17) is 5.73 Å². The normalized spacial score (nSPS) is 12.7. The number of methoxy groups -OCH3 is 1. The lowest BCUT2D eigenvalue weighted by atomic mass is 10.1. The Hall–Kier alpha value is -1.23. The molecule has 2 nitrogen and oxygen atoms in total. The van der Waals surface area contributed by atoms with Crippen molar-refractivity contribution in [2.75, 3.05) is 7.11 Å². The van der Waals surface area contributed by atoms with Crippen LogP contribution < -0.4 is 10.5 Å². The van der Waals surface area contributed by atoms with Crippen molar-refractivity contribution in [1.29, 1.82) is 0 Å². The third-order valence-electron chi connectivity index (χ3n) is 1.83. The second-order valence-electron chi connectivity index (χ2n) is 2.89. The number of benzene rings is 1. The van der Waals surface area contributed by atoms with E-state index in [-0.39, 0.29) is 5.75 Å². The summed E-state index contributed by atoms with van der Waals surface area (Å²) in [6.07, 6.45) is 0. The van der Waals surface area contributed by atoms with Gasteiger partial charge < -0.3 is 10.5 Å². The Kier molecular flexibility index (Phi) is 3.00. The molecule has 14 heavy (non-hydrogen) atoms. The summed E-state index contributed by atoms with van der Waals surface area (Å²) < 4.78 is 43.9. The van der Waals surface area contributed by atoms with Gasteiger partial charge in [-0.15, -0.1) is 0 Å². The summed E-state index contributed by atoms with van der Waals surface area (Å²) in [5, 5.41) is 0. The lowest BCUT2D eigenvalue weighted by Crippen LogP contribution is -2.12. The fraction of sp³-hybridized carbons (Fsp3) is 0.333. The number of halogens is 3. The molecule has 78 valence electrons. The number of nitrogens with two attached hydrogens (primary N) is 1. The second kappa shape index (κ2) is 3.88. The van der Waals surface area contributed by atoms with Gasteiger partial charge in [0, 0.05) is 17.7 Å². The first-order chi connectivity index (χ1) is 6.49. The van der Waals surface area contributed by atoms with Gasteiger partial charge in [-0.25, -0.2) is 13.2 Å². The molecule has 0 bridgehead atoms. The van der Waals surface area contributed by atoms with Gasteiger partial charge in [0.05, 0.1) is 7.11 Å².